The van der Waals surface area contributed by atoms with Crippen LogP contribution in [0.4, 0.5) is 5.69 Å². The van der Waals surface area contributed by atoms with Crippen LogP contribution >= 0.6 is 0 Å². The van der Waals surface area contributed by atoms with Gasteiger partial charge in [-0.25, -0.2) is 0 Å². The van der Waals surface area contributed by atoms with Crippen LogP contribution in [-0.4, -0.2) is 35.7 Å². The van der Waals surface area contributed by atoms with E-state index in [1.165, 1.54) is 12.4 Å². The molecule has 2 heterocycles. The van der Waals surface area contributed by atoms with Crippen molar-refractivity contribution in [2.75, 3.05) is 0 Å². The number of ether oxygens (including phenoxy) is 1. The molecule has 1 saturated heterocycles. The molecule has 3 atom stereocenters. The van der Waals surface area contributed by atoms with Crippen molar-refractivity contribution >= 4 is 19.8 Å². The molecule has 26 heavy (non-hydrogen) atoms. The number of hydrogen-bond acceptors (Lipinski definition) is 6. The fourth-order valence-corrected chi connectivity index (χ4v) is 4.50. The molecule has 0 aromatic carbocycles. The van der Waals surface area contributed by atoms with Gasteiger partial charge in [0.2, 0.25) is 0 Å². The Morgan fingerprint density at radius 3 is 2.54 bits per heavy atom. The maximum atomic E-state index is 13.0. The molecule has 8 heteroatoms. The lowest BCUT2D eigenvalue weighted by Gasteiger charge is -2.48. The first-order valence-electron chi connectivity index (χ1n) is 8.77. The minimum atomic E-state index is -2.20. The van der Waals surface area contributed by atoms with Crippen LogP contribution < -0.4 is 0 Å². The van der Waals surface area contributed by atoms with Crippen LogP contribution in [0.1, 0.15) is 52.7 Å². The summed E-state index contributed by atoms with van der Waals surface area (Å²) in [6, 6.07) is 1.54. The summed E-state index contributed by atoms with van der Waals surface area (Å²) in [5.41, 5.74) is -0.813. The van der Waals surface area contributed by atoms with Crippen molar-refractivity contribution < 1.29 is 18.9 Å². The van der Waals surface area contributed by atoms with Crippen LogP contribution in [0.25, 0.3) is 0 Å². The molecule has 2 rings (SSSR count). The van der Waals surface area contributed by atoms with Gasteiger partial charge < -0.3 is 9.16 Å². The van der Waals surface area contributed by atoms with Gasteiger partial charge >= 0.3 is 0 Å². The number of Topliss-reactive ketones (excluding diaryl/α,β-unsaturated/α-hetero) is 1. The Morgan fingerprint density at radius 2 is 2.04 bits per heavy atom. The molecular weight excluding hydrogens is 352 g/mol. The molecular formula is C18H28N2O5Si. The topological polar surface area (TPSA) is 91.6 Å². The number of ketones is 1. The van der Waals surface area contributed by atoms with E-state index in [0.29, 0.717) is 5.56 Å². The normalized spacial score (nSPS) is 27.4. The number of aromatic nitrogens is 1. The molecule has 0 N–H and O–H groups in total. The zero-order valence-electron chi connectivity index (χ0n) is 16.5. The molecule has 0 radical (unpaired) electrons. The van der Waals surface area contributed by atoms with Gasteiger partial charge in [-0.05, 0) is 38.0 Å². The minimum absolute atomic E-state index is 0.0420. The first-order chi connectivity index (χ1) is 11.8. The van der Waals surface area contributed by atoms with Gasteiger partial charge in [0.1, 0.15) is 11.8 Å². The largest absolute Gasteiger partial charge is 0.402 e. The van der Waals surface area contributed by atoms with Gasteiger partial charge in [0.25, 0.3) is 5.69 Å². The van der Waals surface area contributed by atoms with E-state index >= 15 is 0 Å². The molecule has 0 bridgehead atoms. The maximum Gasteiger partial charge on any atom is 0.293 e. The van der Waals surface area contributed by atoms with Crippen LogP contribution in [0, 0.1) is 10.1 Å². The van der Waals surface area contributed by atoms with Gasteiger partial charge in [0, 0.05) is 12.6 Å². The smallest absolute Gasteiger partial charge is 0.293 e. The number of nitrogens with zero attached hydrogens (tertiary/aromatic N) is 2. The van der Waals surface area contributed by atoms with Gasteiger partial charge in [0.05, 0.1) is 22.7 Å². The Morgan fingerprint density at radius 1 is 1.42 bits per heavy atom. The molecule has 1 aromatic rings. The summed E-state index contributed by atoms with van der Waals surface area (Å²) in [5, 5.41) is 11.2. The van der Waals surface area contributed by atoms with E-state index in [1.807, 2.05) is 0 Å². The summed E-state index contributed by atoms with van der Waals surface area (Å²) >= 11 is 0. The molecule has 1 aliphatic heterocycles. The van der Waals surface area contributed by atoms with E-state index in [0.717, 1.165) is 0 Å². The highest BCUT2D eigenvalue weighted by atomic mass is 28.4. The van der Waals surface area contributed by atoms with E-state index < -0.39 is 31.0 Å². The second-order valence-corrected chi connectivity index (χ2v) is 13.3. The number of carbonyl (C=O) groups excluding carboxylic acids is 1. The molecule has 0 aliphatic carbocycles. The first-order valence-corrected chi connectivity index (χ1v) is 11.7. The SMILES string of the molecule is C[C@H]1O[C@@H](c2ccncc2[N+](=O)[O-])CC(=O)[C@]1(C)O[Si](C)(C)C(C)(C)C. The summed E-state index contributed by atoms with van der Waals surface area (Å²) in [6.07, 6.45) is 1.52. The molecule has 0 spiro atoms. The van der Waals surface area contributed by atoms with Crippen LogP contribution in [0.15, 0.2) is 18.5 Å². The summed E-state index contributed by atoms with van der Waals surface area (Å²) in [6.45, 7) is 14.1. The first kappa shape index (κ1) is 20.7. The van der Waals surface area contributed by atoms with Gasteiger partial charge in [-0.15, -0.1) is 0 Å². The predicted molar refractivity (Wildman–Crippen MR) is 100 cm³/mol. The number of nitro groups is 1. The zero-order valence-corrected chi connectivity index (χ0v) is 17.5. The third-order valence-corrected chi connectivity index (χ3v) is 10.3. The molecule has 1 fully saturated rings. The van der Waals surface area contributed by atoms with E-state index in [9.17, 15) is 14.9 Å². The minimum Gasteiger partial charge on any atom is -0.402 e. The lowest BCUT2D eigenvalue weighted by molar-refractivity contribution is -0.386. The highest BCUT2D eigenvalue weighted by Gasteiger charge is 2.52. The molecule has 1 aromatic heterocycles. The zero-order chi connectivity index (χ0) is 19.9. The summed E-state index contributed by atoms with van der Waals surface area (Å²) in [4.78, 5) is 27.6. The maximum absolute atomic E-state index is 13.0. The summed E-state index contributed by atoms with van der Waals surface area (Å²) in [5.74, 6) is -0.0859. The summed E-state index contributed by atoms with van der Waals surface area (Å²) in [7, 11) is -2.20. The van der Waals surface area contributed by atoms with Crippen molar-refractivity contribution in [3.8, 4) is 0 Å². The average molecular weight is 381 g/mol. The van der Waals surface area contributed by atoms with E-state index in [4.69, 9.17) is 9.16 Å². The number of carbonyl (C=O) groups is 1. The molecule has 144 valence electrons. The van der Waals surface area contributed by atoms with Crippen LogP contribution in [0.3, 0.4) is 0 Å². The van der Waals surface area contributed by atoms with Gasteiger partial charge in [-0.2, -0.15) is 0 Å². The van der Waals surface area contributed by atoms with Crippen molar-refractivity contribution in [3.63, 3.8) is 0 Å². The molecule has 7 nitrogen and oxygen atoms in total. The third kappa shape index (κ3) is 3.72. The van der Waals surface area contributed by atoms with Crippen LogP contribution in [-0.2, 0) is 14.0 Å². The Labute approximate surface area is 155 Å². The molecule has 0 amide bonds. The lowest BCUT2D eigenvalue weighted by atomic mass is 9.86. The van der Waals surface area contributed by atoms with E-state index in [1.54, 1.807) is 19.9 Å². The summed E-state index contributed by atoms with van der Waals surface area (Å²) < 4.78 is 12.5. The Hall–Kier alpha value is -1.64. The van der Waals surface area contributed by atoms with Crippen molar-refractivity contribution in [1.82, 2.24) is 4.98 Å². The van der Waals surface area contributed by atoms with E-state index in [2.05, 4.69) is 38.8 Å². The highest BCUT2D eigenvalue weighted by Crippen LogP contribution is 2.44. The second kappa shape index (κ2) is 6.83. The average Bonchev–Trinajstić information content (AvgIpc) is 2.51. The van der Waals surface area contributed by atoms with E-state index in [-0.39, 0.29) is 22.9 Å². The van der Waals surface area contributed by atoms with Crippen molar-refractivity contribution in [2.45, 2.75) is 77.0 Å². The number of pyridine rings is 1. The van der Waals surface area contributed by atoms with Crippen LogP contribution in [0.2, 0.25) is 18.1 Å². The van der Waals surface area contributed by atoms with Crippen molar-refractivity contribution in [1.29, 1.82) is 0 Å². The van der Waals surface area contributed by atoms with Crippen molar-refractivity contribution in [3.05, 3.63) is 34.1 Å². The predicted octanol–water partition coefficient (Wildman–Crippen LogP) is 4.19. The van der Waals surface area contributed by atoms with Gasteiger partial charge in [-0.1, -0.05) is 20.8 Å². The fourth-order valence-electron chi connectivity index (χ4n) is 2.85. The molecule has 0 unspecified atom stereocenters. The Balaban J connectivity index is 2.30. The molecule has 1 aliphatic rings. The number of rotatable bonds is 4. The monoisotopic (exact) mass is 380 g/mol. The fraction of sp³-hybridized carbons (Fsp3) is 0.667. The van der Waals surface area contributed by atoms with Gasteiger partial charge in [0.15, 0.2) is 14.1 Å². The standard InChI is InChI=1S/C18H28N2O5Si/c1-12-18(5,25-26(6,7)17(2,3)4)16(21)10-15(24-12)13-8-9-19-11-14(13)20(22)23/h8-9,11-12,15H,10H2,1-7H3/t12-,15-,18-/m1/s1. The molecule has 0 saturated carbocycles. The van der Waals surface area contributed by atoms with Crippen molar-refractivity contribution in [2.24, 2.45) is 0 Å². The third-order valence-electron chi connectivity index (χ3n) is 5.72. The number of hydrogen-bond donors (Lipinski definition) is 0. The Kier molecular flexibility index (Phi) is 5.43. The van der Waals surface area contributed by atoms with Crippen LogP contribution in [0.5, 0.6) is 0 Å². The Bertz CT molecular complexity index is 716. The van der Waals surface area contributed by atoms with Gasteiger partial charge in [-0.3, -0.25) is 19.9 Å². The quantitative estimate of drug-likeness (QED) is 0.442. The second-order valence-electron chi connectivity index (χ2n) is 8.56. The highest BCUT2D eigenvalue weighted by molar-refractivity contribution is 6.74. The lowest BCUT2D eigenvalue weighted by Crippen LogP contribution is -2.60.